The first-order valence-corrected chi connectivity index (χ1v) is 4.17. The van der Waals surface area contributed by atoms with Gasteiger partial charge >= 0.3 is 0 Å². The molecule has 4 nitrogen and oxygen atoms in total. The molecule has 0 saturated carbocycles. The quantitative estimate of drug-likeness (QED) is 0.754. The van der Waals surface area contributed by atoms with Crippen molar-refractivity contribution in [1.29, 1.82) is 0 Å². The number of benzene rings is 1. The molecule has 70 valence electrons. The Balaban J connectivity index is 2.19. The molecule has 0 aliphatic rings. The summed E-state index contributed by atoms with van der Waals surface area (Å²) in [6.07, 6.45) is 3.11. The number of hydrogen-bond acceptors (Lipinski definition) is 4. The fraction of sp³-hybridized carbons (Fsp3) is 0. The highest BCUT2D eigenvalue weighted by molar-refractivity contribution is 5.57. The fourth-order valence-electron chi connectivity index (χ4n) is 1.10. The van der Waals surface area contributed by atoms with E-state index in [1.165, 1.54) is 6.33 Å². The van der Waals surface area contributed by atoms with Crippen LogP contribution in [0.1, 0.15) is 0 Å². The summed E-state index contributed by atoms with van der Waals surface area (Å²) in [5.74, 6) is 0.926. The number of phenolic OH excluding ortho intramolecular Hbond substituents is 1. The zero-order valence-corrected chi connectivity index (χ0v) is 7.38. The number of nitrogens with one attached hydrogen (secondary N) is 1. The van der Waals surface area contributed by atoms with E-state index in [4.69, 9.17) is 0 Å². The predicted octanol–water partition coefficient (Wildman–Crippen LogP) is 1.93. The molecule has 1 heterocycles. The van der Waals surface area contributed by atoms with Crippen LogP contribution >= 0.6 is 0 Å². The lowest BCUT2D eigenvalue weighted by molar-refractivity contribution is 0.475. The highest BCUT2D eigenvalue weighted by Crippen LogP contribution is 2.18. The highest BCUT2D eigenvalue weighted by Gasteiger charge is 1.95. The van der Waals surface area contributed by atoms with Crippen molar-refractivity contribution in [3.63, 3.8) is 0 Å². The van der Waals surface area contributed by atoms with Gasteiger partial charge in [0.15, 0.2) is 0 Å². The maximum Gasteiger partial charge on any atom is 0.133 e. The molecule has 2 rings (SSSR count). The third-order valence-corrected chi connectivity index (χ3v) is 1.70. The van der Waals surface area contributed by atoms with Crippen LogP contribution in [0.5, 0.6) is 5.75 Å². The first kappa shape index (κ1) is 8.50. The second-order valence-electron chi connectivity index (χ2n) is 2.77. The van der Waals surface area contributed by atoms with Gasteiger partial charge in [0.25, 0.3) is 0 Å². The number of phenols is 1. The number of hydrogen-bond donors (Lipinski definition) is 2. The lowest BCUT2D eigenvalue weighted by Gasteiger charge is -2.04. The van der Waals surface area contributed by atoms with Gasteiger partial charge in [0.05, 0.1) is 0 Å². The second kappa shape index (κ2) is 3.74. The Hall–Kier alpha value is -2.10. The molecule has 0 radical (unpaired) electrons. The molecule has 0 aliphatic heterocycles. The van der Waals surface area contributed by atoms with Crippen LogP contribution in [0.4, 0.5) is 11.5 Å². The minimum atomic E-state index is 0.226. The van der Waals surface area contributed by atoms with Crippen molar-refractivity contribution in [2.45, 2.75) is 0 Å². The van der Waals surface area contributed by atoms with Crippen molar-refractivity contribution in [3.8, 4) is 5.75 Å². The van der Waals surface area contributed by atoms with Crippen molar-refractivity contribution in [2.24, 2.45) is 0 Å². The summed E-state index contributed by atoms with van der Waals surface area (Å²) in [7, 11) is 0. The molecule has 4 heteroatoms. The van der Waals surface area contributed by atoms with Gasteiger partial charge in [-0.3, -0.25) is 0 Å². The van der Waals surface area contributed by atoms with Crippen molar-refractivity contribution in [2.75, 3.05) is 5.32 Å². The Morgan fingerprint density at radius 2 is 2.14 bits per heavy atom. The lowest BCUT2D eigenvalue weighted by Crippen LogP contribution is -1.92. The molecule has 0 atom stereocenters. The summed E-state index contributed by atoms with van der Waals surface area (Å²) in [6, 6.07) is 8.61. The minimum Gasteiger partial charge on any atom is -0.508 e. The molecule has 0 amide bonds. The van der Waals surface area contributed by atoms with Crippen LogP contribution in [0.3, 0.4) is 0 Å². The Bertz CT molecular complexity index is 417. The second-order valence-corrected chi connectivity index (χ2v) is 2.77. The monoisotopic (exact) mass is 187 g/mol. The predicted molar refractivity (Wildman–Crippen MR) is 53.4 cm³/mol. The van der Waals surface area contributed by atoms with Gasteiger partial charge < -0.3 is 10.4 Å². The number of rotatable bonds is 2. The van der Waals surface area contributed by atoms with E-state index >= 15 is 0 Å². The number of anilines is 2. The van der Waals surface area contributed by atoms with E-state index in [1.54, 1.807) is 30.5 Å². The summed E-state index contributed by atoms with van der Waals surface area (Å²) in [6.45, 7) is 0. The third kappa shape index (κ3) is 1.98. The van der Waals surface area contributed by atoms with Crippen LogP contribution in [-0.2, 0) is 0 Å². The van der Waals surface area contributed by atoms with E-state index in [0.717, 1.165) is 5.69 Å². The molecule has 0 bridgehead atoms. The van der Waals surface area contributed by atoms with E-state index in [0.29, 0.717) is 5.82 Å². The number of nitrogens with zero attached hydrogens (tertiary/aromatic N) is 2. The molecule has 0 unspecified atom stereocenters. The summed E-state index contributed by atoms with van der Waals surface area (Å²) in [5, 5.41) is 12.3. The average Bonchev–Trinajstić information content (AvgIpc) is 2.19. The topological polar surface area (TPSA) is 58.0 Å². The van der Waals surface area contributed by atoms with E-state index in [9.17, 15) is 5.11 Å². The van der Waals surface area contributed by atoms with Crippen LogP contribution in [-0.4, -0.2) is 15.1 Å². The molecule has 1 aromatic heterocycles. The molecular formula is C10H9N3O. The summed E-state index contributed by atoms with van der Waals surface area (Å²) >= 11 is 0. The standard InChI is InChI=1S/C10H9N3O/c14-9-3-1-2-8(6-9)13-10-4-5-11-7-12-10/h1-7,14H,(H,11,12,13). The van der Waals surface area contributed by atoms with Gasteiger partial charge in [0.2, 0.25) is 0 Å². The summed E-state index contributed by atoms with van der Waals surface area (Å²) in [4.78, 5) is 7.80. The SMILES string of the molecule is Oc1cccc(Nc2ccncn2)c1. The maximum atomic E-state index is 9.22. The number of aromatic nitrogens is 2. The summed E-state index contributed by atoms with van der Waals surface area (Å²) < 4.78 is 0. The Labute approximate surface area is 81.3 Å². The van der Waals surface area contributed by atoms with Gasteiger partial charge in [-0.25, -0.2) is 9.97 Å². The van der Waals surface area contributed by atoms with Crippen LogP contribution in [0.2, 0.25) is 0 Å². The van der Waals surface area contributed by atoms with Gasteiger partial charge in [0, 0.05) is 18.0 Å². The molecule has 0 fully saturated rings. The van der Waals surface area contributed by atoms with Gasteiger partial charge in [-0.05, 0) is 18.2 Å². The first-order chi connectivity index (χ1) is 6.84. The van der Waals surface area contributed by atoms with Gasteiger partial charge in [-0.15, -0.1) is 0 Å². The smallest absolute Gasteiger partial charge is 0.133 e. The summed E-state index contributed by atoms with van der Waals surface area (Å²) in [5.41, 5.74) is 0.795. The van der Waals surface area contributed by atoms with Crippen molar-refractivity contribution < 1.29 is 5.11 Å². The zero-order valence-electron chi connectivity index (χ0n) is 7.38. The average molecular weight is 187 g/mol. The molecule has 14 heavy (non-hydrogen) atoms. The van der Waals surface area contributed by atoms with Crippen LogP contribution in [0, 0.1) is 0 Å². The molecule has 0 saturated heterocycles. The van der Waals surface area contributed by atoms with Gasteiger partial charge in [-0.2, -0.15) is 0 Å². The normalized spacial score (nSPS) is 9.71. The molecule has 2 aromatic rings. The molecule has 1 aromatic carbocycles. The van der Waals surface area contributed by atoms with Crippen molar-refractivity contribution in [3.05, 3.63) is 42.9 Å². The van der Waals surface area contributed by atoms with Crippen LogP contribution in [0.15, 0.2) is 42.9 Å². The Morgan fingerprint density at radius 3 is 2.86 bits per heavy atom. The maximum absolute atomic E-state index is 9.22. The van der Waals surface area contributed by atoms with Crippen molar-refractivity contribution >= 4 is 11.5 Å². The first-order valence-electron chi connectivity index (χ1n) is 4.17. The fourth-order valence-corrected chi connectivity index (χ4v) is 1.10. The third-order valence-electron chi connectivity index (χ3n) is 1.70. The molecular weight excluding hydrogens is 178 g/mol. The van der Waals surface area contributed by atoms with Gasteiger partial charge in [-0.1, -0.05) is 6.07 Å². The van der Waals surface area contributed by atoms with E-state index in [2.05, 4.69) is 15.3 Å². The van der Waals surface area contributed by atoms with E-state index in [1.807, 2.05) is 6.07 Å². The lowest BCUT2D eigenvalue weighted by atomic mass is 10.3. The van der Waals surface area contributed by atoms with Crippen LogP contribution < -0.4 is 5.32 Å². The molecule has 0 spiro atoms. The molecule has 0 aliphatic carbocycles. The zero-order chi connectivity index (χ0) is 9.80. The Kier molecular flexibility index (Phi) is 2.27. The van der Waals surface area contributed by atoms with E-state index in [-0.39, 0.29) is 5.75 Å². The molecule has 2 N–H and O–H groups in total. The Morgan fingerprint density at radius 1 is 1.21 bits per heavy atom. The van der Waals surface area contributed by atoms with Gasteiger partial charge in [0.1, 0.15) is 17.9 Å². The highest BCUT2D eigenvalue weighted by atomic mass is 16.3. The largest absolute Gasteiger partial charge is 0.508 e. The van der Waals surface area contributed by atoms with Crippen molar-refractivity contribution in [1.82, 2.24) is 9.97 Å². The van der Waals surface area contributed by atoms with E-state index < -0.39 is 0 Å². The number of aromatic hydroxyl groups is 1. The minimum absolute atomic E-state index is 0.226. The van der Waals surface area contributed by atoms with Crippen LogP contribution in [0.25, 0.3) is 0 Å².